The average Bonchev–Trinajstić information content (AvgIpc) is 3.52. The van der Waals surface area contributed by atoms with Gasteiger partial charge in [-0.2, -0.15) is 0 Å². The Balaban J connectivity index is 2.82. The molecule has 2 rings (SSSR count). The second-order valence-corrected chi connectivity index (χ2v) is 14.7. The van der Waals surface area contributed by atoms with Crippen LogP contribution in [-0.2, 0) is 0 Å². The Hall–Kier alpha value is -1.06. The van der Waals surface area contributed by atoms with Crippen molar-refractivity contribution in [1.29, 1.82) is 0 Å². The maximum atomic E-state index is 2.66. The number of hydrogen-bond donors (Lipinski definition) is 0. The van der Waals surface area contributed by atoms with Crippen molar-refractivity contribution >= 4 is 35.3 Å². The first kappa shape index (κ1) is 30.2. The van der Waals surface area contributed by atoms with E-state index in [2.05, 4.69) is 130 Å². The molecular formula is C30H56N4Se+2. The van der Waals surface area contributed by atoms with Gasteiger partial charge < -0.3 is 0 Å². The van der Waals surface area contributed by atoms with Gasteiger partial charge in [-0.25, -0.2) is 0 Å². The Kier molecular flexibility index (Phi) is 9.95. The van der Waals surface area contributed by atoms with Crippen LogP contribution in [0.4, 0.5) is 11.4 Å². The van der Waals surface area contributed by atoms with Gasteiger partial charge in [-0.3, -0.25) is 0 Å². The van der Waals surface area contributed by atoms with Gasteiger partial charge in [-0.05, 0) is 0 Å². The van der Waals surface area contributed by atoms with Gasteiger partial charge in [0.1, 0.15) is 0 Å². The molecule has 0 fully saturated rings. The Bertz CT molecular complexity index is 898. The number of rotatable bonds is 12. The van der Waals surface area contributed by atoms with Gasteiger partial charge >= 0.3 is 224 Å². The van der Waals surface area contributed by atoms with Crippen LogP contribution in [0.1, 0.15) is 111 Å². The molecule has 0 aromatic heterocycles. The average molecular weight is 552 g/mol. The maximum absolute atomic E-state index is 2.66. The molecule has 35 heavy (non-hydrogen) atoms. The summed E-state index contributed by atoms with van der Waals surface area (Å²) in [6.45, 7) is 37.6. The number of nitrogens with zero attached hydrogens (tertiary/aromatic N) is 4. The van der Waals surface area contributed by atoms with Gasteiger partial charge in [0.15, 0.2) is 0 Å². The fourth-order valence-electron chi connectivity index (χ4n) is 6.01. The molecule has 0 heterocycles. The van der Waals surface area contributed by atoms with E-state index >= 15 is 0 Å². The third kappa shape index (κ3) is 6.27. The molecule has 0 amide bonds. The van der Waals surface area contributed by atoms with E-state index in [0.29, 0.717) is 63.3 Å². The second-order valence-electron chi connectivity index (χ2n) is 12.5. The summed E-state index contributed by atoms with van der Waals surface area (Å²) in [4.78, 5) is 5.33. The van der Waals surface area contributed by atoms with Crippen LogP contribution in [0, 0.1) is 0 Å². The first-order valence-corrected chi connectivity index (χ1v) is 15.8. The molecule has 0 aliphatic carbocycles. The van der Waals surface area contributed by atoms with E-state index in [1.54, 1.807) is 8.92 Å². The third-order valence-corrected chi connectivity index (χ3v) is 9.35. The third-order valence-electron chi connectivity index (χ3n) is 6.87. The zero-order valence-electron chi connectivity index (χ0n) is 25.8. The molecule has 2 aromatic rings. The van der Waals surface area contributed by atoms with E-state index in [1.807, 2.05) is 0 Å². The molecule has 0 radical (unpaired) electrons. The van der Waals surface area contributed by atoms with Gasteiger partial charge in [0, 0.05) is 0 Å². The Labute approximate surface area is 223 Å². The molecule has 0 bridgehead atoms. The van der Waals surface area contributed by atoms with Crippen molar-refractivity contribution in [3.63, 3.8) is 0 Å². The monoisotopic (exact) mass is 552 g/mol. The zero-order valence-corrected chi connectivity index (χ0v) is 27.5. The molecule has 5 heteroatoms. The summed E-state index contributed by atoms with van der Waals surface area (Å²) in [5.74, 6) is 0. The van der Waals surface area contributed by atoms with Crippen LogP contribution in [0.15, 0.2) is 0 Å². The van der Waals surface area contributed by atoms with E-state index in [1.165, 1.54) is 22.1 Å². The van der Waals surface area contributed by atoms with Gasteiger partial charge in [-0.15, -0.1) is 0 Å². The summed E-state index contributed by atoms with van der Waals surface area (Å²) in [6, 6.07) is 3.97. The molecule has 0 aliphatic rings. The zero-order chi connectivity index (χ0) is 27.1. The normalized spacial score (nSPS) is 13.0. The molecular weight excluding hydrogens is 495 g/mol. The Morgan fingerprint density at radius 1 is 0.429 bits per heavy atom. The Morgan fingerprint density at radius 2 is 0.657 bits per heavy atom. The summed E-state index contributed by atoms with van der Waals surface area (Å²) in [6.07, 6.45) is 0. The van der Waals surface area contributed by atoms with E-state index < -0.39 is 0 Å². The minimum atomic E-state index is 0.309. The molecule has 0 atom stereocenters. The van der Waals surface area contributed by atoms with Gasteiger partial charge in [0.25, 0.3) is 0 Å². The molecule has 0 unspecified atom stereocenters. The fourth-order valence-corrected chi connectivity index (χ4v) is 8.73. The van der Waals surface area contributed by atoms with Crippen molar-refractivity contribution in [1.82, 2.24) is 9.15 Å². The standard InChI is InChI=1S/C30H56N4Se/c1-17(2)31(18(3)4)25-26(32(19(5)6)20(7)8)29(25)35-30-27(33(21(9)10)22(11)12)28(30)34(23(13)14)24(15)16/h17-24H,1-16H3/q+2. The van der Waals surface area contributed by atoms with Gasteiger partial charge in [0.2, 0.25) is 0 Å². The van der Waals surface area contributed by atoms with Crippen molar-refractivity contribution in [2.45, 2.75) is 159 Å². The van der Waals surface area contributed by atoms with Crippen molar-refractivity contribution in [3.8, 4) is 0 Å². The van der Waals surface area contributed by atoms with Gasteiger partial charge in [0.05, 0.1) is 0 Å². The van der Waals surface area contributed by atoms with Crippen molar-refractivity contribution in [2.24, 2.45) is 0 Å². The van der Waals surface area contributed by atoms with E-state index in [-0.39, 0.29) is 0 Å². The van der Waals surface area contributed by atoms with E-state index in [9.17, 15) is 0 Å². The molecule has 0 saturated heterocycles. The fraction of sp³-hybridized carbons (Fsp3) is 0.800. The first-order valence-electron chi connectivity index (χ1n) is 14.1. The summed E-state index contributed by atoms with van der Waals surface area (Å²) in [5, 5.41) is 3.08. The Morgan fingerprint density at radius 3 is 0.829 bits per heavy atom. The van der Waals surface area contributed by atoms with Crippen molar-refractivity contribution in [2.75, 3.05) is 9.80 Å². The van der Waals surface area contributed by atoms with E-state index in [0.717, 1.165) is 0 Å². The number of hydrogen-bond acceptors (Lipinski definition) is 2. The van der Waals surface area contributed by atoms with Crippen LogP contribution in [0.3, 0.4) is 0 Å². The van der Waals surface area contributed by atoms with Crippen LogP contribution >= 0.6 is 0 Å². The quantitative estimate of drug-likeness (QED) is 0.296. The molecule has 200 valence electrons. The summed E-state index contributed by atoms with van der Waals surface area (Å²) in [7, 11) is 0. The molecule has 0 N–H and O–H groups in total. The van der Waals surface area contributed by atoms with Crippen LogP contribution in [0.2, 0.25) is 0 Å². The SMILES string of the molecule is CC(C)N(c1c([Se]c2c(N(C(C)C)C(C)C)c2=[N+](C(C)C)C(C)C)c1=[N+](C(C)C)C(C)C)C(C)C. The number of anilines is 2. The molecule has 2 aromatic carbocycles. The van der Waals surface area contributed by atoms with Crippen LogP contribution in [0.5, 0.6) is 0 Å². The van der Waals surface area contributed by atoms with Crippen molar-refractivity contribution < 1.29 is 0 Å². The van der Waals surface area contributed by atoms with Crippen LogP contribution < -0.4 is 38.6 Å². The minimum absolute atomic E-state index is 0.309. The predicted molar refractivity (Wildman–Crippen MR) is 159 cm³/mol. The van der Waals surface area contributed by atoms with Gasteiger partial charge in [-0.1, -0.05) is 0 Å². The van der Waals surface area contributed by atoms with Crippen molar-refractivity contribution in [3.05, 3.63) is 10.7 Å². The molecule has 4 nitrogen and oxygen atoms in total. The van der Waals surface area contributed by atoms with E-state index in [4.69, 9.17) is 0 Å². The second kappa shape index (κ2) is 11.5. The predicted octanol–water partition coefficient (Wildman–Crippen LogP) is 3.52. The molecule has 0 spiro atoms. The summed E-state index contributed by atoms with van der Waals surface area (Å²) < 4.78 is 8.59. The first-order chi connectivity index (χ1) is 16.1. The topological polar surface area (TPSA) is 12.5 Å². The van der Waals surface area contributed by atoms with Crippen LogP contribution in [0.25, 0.3) is 0 Å². The summed E-state index contributed by atoms with van der Waals surface area (Å²) >= 11 is 0.309. The molecule has 0 aliphatic heterocycles. The molecule has 0 saturated carbocycles. The summed E-state index contributed by atoms with van der Waals surface area (Å²) in [5.41, 5.74) is 3.08. The van der Waals surface area contributed by atoms with Crippen LogP contribution in [-0.4, -0.2) is 63.3 Å².